The summed E-state index contributed by atoms with van der Waals surface area (Å²) in [5, 5.41) is 11.5. The van der Waals surface area contributed by atoms with Crippen molar-refractivity contribution in [1.82, 2.24) is 5.32 Å². The van der Waals surface area contributed by atoms with Crippen LogP contribution in [0.1, 0.15) is 19.4 Å². The van der Waals surface area contributed by atoms with E-state index in [-0.39, 0.29) is 24.2 Å². The third-order valence-electron chi connectivity index (χ3n) is 2.92. The second kappa shape index (κ2) is 7.43. The number of halogens is 1. The number of rotatable bonds is 6. The highest BCUT2D eigenvalue weighted by molar-refractivity contribution is 5.91. The average molecular weight is 279 g/mol. The van der Waals surface area contributed by atoms with Gasteiger partial charge >= 0.3 is 5.97 Å². The maximum atomic E-state index is 12.7. The Bertz CT molecular complexity index is 494. The van der Waals surface area contributed by atoms with Crippen molar-refractivity contribution in [2.45, 2.75) is 13.8 Å². The van der Waals surface area contributed by atoms with Gasteiger partial charge in [-0.15, -0.1) is 0 Å². The number of carboxylic acid groups (broad SMARTS) is 1. The Kier molecular flexibility index (Phi) is 5.90. The van der Waals surface area contributed by atoms with E-state index in [9.17, 15) is 14.0 Å². The zero-order chi connectivity index (χ0) is 15.1. The molecule has 0 radical (unpaired) electrons. The van der Waals surface area contributed by atoms with E-state index in [2.05, 4.69) is 5.32 Å². The van der Waals surface area contributed by atoms with E-state index < -0.39 is 11.9 Å². The molecule has 0 bridgehead atoms. The molecule has 5 heteroatoms. The molecule has 2 N–H and O–H groups in total. The van der Waals surface area contributed by atoms with Gasteiger partial charge in [0, 0.05) is 12.6 Å². The normalized spacial score (nSPS) is 12.6. The van der Waals surface area contributed by atoms with Gasteiger partial charge in [0.15, 0.2) is 0 Å². The number of amides is 1. The van der Waals surface area contributed by atoms with E-state index in [1.54, 1.807) is 32.1 Å². The molecule has 0 aliphatic rings. The number of carboxylic acids is 1. The molecule has 0 saturated heterocycles. The molecule has 108 valence electrons. The van der Waals surface area contributed by atoms with Crippen molar-refractivity contribution in [2.24, 2.45) is 11.8 Å². The molecular weight excluding hydrogens is 261 g/mol. The fourth-order valence-electron chi connectivity index (χ4n) is 1.62. The van der Waals surface area contributed by atoms with Gasteiger partial charge in [0.1, 0.15) is 5.82 Å². The monoisotopic (exact) mass is 279 g/mol. The predicted octanol–water partition coefficient (Wildman–Crippen LogP) is 2.31. The Morgan fingerprint density at radius 3 is 2.40 bits per heavy atom. The van der Waals surface area contributed by atoms with Crippen molar-refractivity contribution in [3.05, 3.63) is 41.7 Å². The highest BCUT2D eigenvalue weighted by atomic mass is 19.1. The lowest BCUT2D eigenvalue weighted by Crippen LogP contribution is -2.34. The molecule has 1 rings (SSSR count). The summed E-state index contributed by atoms with van der Waals surface area (Å²) >= 11 is 0. The minimum absolute atomic E-state index is 0.0612. The zero-order valence-electron chi connectivity index (χ0n) is 11.5. The molecule has 0 spiro atoms. The van der Waals surface area contributed by atoms with Gasteiger partial charge in [0.25, 0.3) is 0 Å². The van der Waals surface area contributed by atoms with Crippen LogP contribution in [0, 0.1) is 17.7 Å². The number of hydrogen-bond donors (Lipinski definition) is 2. The maximum absolute atomic E-state index is 12.7. The van der Waals surface area contributed by atoms with Crippen LogP contribution in [0.2, 0.25) is 0 Å². The topological polar surface area (TPSA) is 66.4 Å². The Balaban J connectivity index is 2.51. The number of benzene rings is 1. The van der Waals surface area contributed by atoms with Gasteiger partial charge in [-0.2, -0.15) is 0 Å². The zero-order valence-corrected chi connectivity index (χ0v) is 11.5. The first-order valence-corrected chi connectivity index (χ1v) is 6.34. The Labute approximate surface area is 117 Å². The van der Waals surface area contributed by atoms with E-state index in [4.69, 9.17) is 5.11 Å². The minimum atomic E-state index is -0.928. The van der Waals surface area contributed by atoms with Gasteiger partial charge in [0.2, 0.25) is 5.91 Å². The lowest BCUT2D eigenvalue weighted by atomic mass is 9.96. The lowest BCUT2D eigenvalue weighted by molar-refractivity contribution is -0.143. The summed E-state index contributed by atoms with van der Waals surface area (Å²) in [6, 6.07) is 5.70. The van der Waals surface area contributed by atoms with E-state index >= 15 is 0 Å². The van der Waals surface area contributed by atoms with Crippen molar-refractivity contribution in [3.63, 3.8) is 0 Å². The second-order valence-corrected chi connectivity index (χ2v) is 4.82. The number of nitrogens with one attached hydrogen (secondary N) is 1. The first-order chi connectivity index (χ1) is 9.40. The Morgan fingerprint density at radius 1 is 1.30 bits per heavy atom. The van der Waals surface area contributed by atoms with Crippen LogP contribution < -0.4 is 5.32 Å². The molecule has 1 amide bonds. The molecule has 1 aromatic carbocycles. The fraction of sp³-hybridized carbons (Fsp3) is 0.333. The molecule has 0 aliphatic carbocycles. The SMILES string of the molecule is CC(C)C(CNC(=O)C=Cc1ccc(F)cc1)C(=O)O. The second-order valence-electron chi connectivity index (χ2n) is 4.82. The van der Waals surface area contributed by atoms with Gasteiger partial charge in [-0.25, -0.2) is 4.39 Å². The van der Waals surface area contributed by atoms with Crippen LogP contribution in [0.4, 0.5) is 4.39 Å². The number of aliphatic carboxylic acids is 1. The van der Waals surface area contributed by atoms with Crippen LogP contribution in [-0.2, 0) is 9.59 Å². The molecule has 0 saturated carbocycles. The standard InChI is InChI=1S/C15H18FNO3/c1-10(2)13(15(19)20)9-17-14(18)8-5-11-3-6-12(16)7-4-11/h3-8,10,13H,9H2,1-2H3,(H,17,18)(H,19,20). The smallest absolute Gasteiger partial charge is 0.308 e. The molecule has 4 nitrogen and oxygen atoms in total. The molecule has 0 fully saturated rings. The van der Waals surface area contributed by atoms with E-state index in [0.717, 1.165) is 0 Å². The summed E-state index contributed by atoms with van der Waals surface area (Å²) in [7, 11) is 0. The van der Waals surface area contributed by atoms with E-state index in [1.807, 2.05) is 0 Å². The molecule has 0 heterocycles. The average Bonchev–Trinajstić information content (AvgIpc) is 2.37. The molecule has 0 aromatic heterocycles. The molecule has 1 aromatic rings. The van der Waals surface area contributed by atoms with Crippen molar-refractivity contribution in [3.8, 4) is 0 Å². The summed E-state index contributed by atoms with van der Waals surface area (Å²) in [4.78, 5) is 22.5. The van der Waals surface area contributed by atoms with Gasteiger partial charge in [-0.1, -0.05) is 26.0 Å². The van der Waals surface area contributed by atoms with Gasteiger partial charge in [-0.05, 0) is 29.7 Å². The summed E-state index contributed by atoms with van der Waals surface area (Å²) in [6.07, 6.45) is 2.84. The maximum Gasteiger partial charge on any atom is 0.308 e. The third-order valence-corrected chi connectivity index (χ3v) is 2.92. The van der Waals surface area contributed by atoms with Gasteiger partial charge in [-0.3, -0.25) is 9.59 Å². The molecule has 0 aliphatic heterocycles. The predicted molar refractivity (Wildman–Crippen MR) is 74.4 cm³/mol. The molecule has 20 heavy (non-hydrogen) atoms. The van der Waals surface area contributed by atoms with Crippen molar-refractivity contribution in [1.29, 1.82) is 0 Å². The minimum Gasteiger partial charge on any atom is -0.481 e. The molecule has 1 atom stereocenters. The lowest BCUT2D eigenvalue weighted by Gasteiger charge is -2.15. The highest BCUT2D eigenvalue weighted by Crippen LogP contribution is 2.09. The summed E-state index contributed by atoms with van der Waals surface area (Å²) in [5.74, 6) is -2.32. The Morgan fingerprint density at radius 2 is 1.90 bits per heavy atom. The van der Waals surface area contributed by atoms with Gasteiger partial charge in [0.05, 0.1) is 5.92 Å². The van der Waals surface area contributed by atoms with Crippen molar-refractivity contribution >= 4 is 18.0 Å². The fourth-order valence-corrected chi connectivity index (χ4v) is 1.62. The van der Waals surface area contributed by atoms with Gasteiger partial charge < -0.3 is 10.4 Å². The first kappa shape index (κ1) is 15.9. The van der Waals surface area contributed by atoms with E-state index in [0.29, 0.717) is 5.56 Å². The van der Waals surface area contributed by atoms with Crippen molar-refractivity contribution < 1.29 is 19.1 Å². The van der Waals surface area contributed by atoms with Crippen LogP contribution in [0.15, 0.2) is 30.3 Å². The van der Waals surface area contributed by atoms with Crippen LogP contribution >= 0.6 is 0 Å². The Hall–Kier alpha value is -2.17. The molecular formula is C15H18FNO3. The molecule has 1 unspecified atom stereocenters. The first-order valence-electron chi connectivity index (χ1n) is 6.34. The van der Waals surface area contributed by atoms with Crippen LogP contribution in [0.25, 0.3) is 6.08 Å². The van der Waals surface area contributed by atoms with Crippen molar-refractivity contribution in [2.75, 3.05) is 6.54 Å². The largest absolute Gasteiger partial charge is 0.481 e. The van der Waals surface area contributed by atoms with E-state index in [1.165, 1.54) is 18.2 Å². The highest BCUT2D eigenvalue weighted by Gasteiger charge is 2.21. The number of carbonyl (C=O) groups is 2. The third kappa shape index (κ3) is 5.22. The number of hydrogen-bond acceptors (Lipinski definition) is 2. The van der Waals surface area contributed by atoms with Crippen LogP contribution in [0.3, 0.4) is 0 Å². The quantitative estimate of drug-likeness (QED) is 0.785. The summed E-state index contributed by atoms with van der Waals surface area (Å²) < 4.78 is 12.7. The van der Waals surface area contributed by atoms with Crippen LogP contribution in [-0.4, -0.2) is 23.5 Å². The number of carbonyl (C=O) groups excluding carboxylic acids is 1. The summed E-state index contributed by atoms with van der Waals surface area (Å²) in [6.45, 7) is 3.66. The summed E-state index contributed by atoms with van der Waals surface area (Å²) in [5.41, 5.74) is 0.695. The van der Waals surface area contributed by atoms with Crippen LogP contribution in [0.5, 0.6) is 0 Å².